The number of amides is 1. The van der Waals surface area contributed by atoms with Crippen LogP contribution >= 0.6 is 11.8 Å². The zero-order valence-corrected chi connectivity index (χ0v) is 17.7. The van der Waals surface area contributed by atoms with Crippen LogP contribution in [0.15, 0.2) is 53.6 Å². The molecule has 0 saturated heterocycles. The molecule has 0 spiro atoms. The lowest BCUT2D eigenvalue weighted by molar-refractivity contribution is -0.113. The van der Waals surface area contributed by atoms with E-state index < -0.39 is 0 Å². The Balaban J connectivity index is 1.61. The minimum absolute atomic E-state index is 0.147. The summed E-state index contributed by atoms with van der Waals surface area (Å²) < 4.78 is 10.4. The van der Waals surface area contributed by atoms with Crippen molar-refractivity contribution in [1.82, 2.24) is 10.2 Å². The van der Waals surface area contributed by atoms with Gasteiger partial charge >= 0.3 is 0 Å². The van der Waals surface area contributed by atoms with Crippen molar-refractivity contribution >= 4 is 23.4 Å². The maximum atomic E-state index is 12.3. The number of nitrogens with zero attached hydrogens (tertiary/aromatic N) is 2. The lowest BCUT2D eigenvalue weighted by Crippen LogP contribution is -2.14. The second-order valence-electron chi connectivity index (χ2n) is 6.51. The molecule has 0 saturated carbocycles. The van der Waals surface area contributed by atoms with Gasteiger partial charge in [0, 0.05) is 29.4 Å². The number of carbonyl (C=O) groups is 1. The standard InChI is InChI=1S/C22H23N3O3S/c1-14-5-6-15(2)19(9-14)20-7-8-22(25-24-20)29-13-21(26)23-16-10-17(27-3)12-18(11-16)28-4/h5-12H,13H2,1-4H3,(H,23,26). The van der Waals surface area contributed by atoms with Crippen LogP contribution in [0.5, 0.6) is 11.5 Å². The molecule has 7 heteroatoms. The summed E-state index contributed by atoms with van der Waals surface area (Å²) in [4.78, 5) is 12.3. The van der Waals surface area contributed by atoms with Gasteiger partial charge in [-0.3, -0.25) is 4.79 Å². The van der Waals surface area contributed by atoms with Crippen molar-refractivity contribution in [2.45, 2.75) is 18.9 Å². The van der Waals surface area contributed by atoms with Crippen LogP contribution in [0.25, 0.3) is 11.3 Å². The number of benzene rings is 2. The largest absolute Gasteiger partial charge is 0.497 e. The molecule has 0 atom stereocenters. The third-order valence-corrected chi connectivity index (χ3v) is 5.22. The molecule has 1 amide bonds. The molecule has 0 unspecified atom stereocenters. The van der Waals surface area contributed by atoms with Crippen LogP contribution in [0.2, 0.25) is 0 Å². The predicted molar refractivity (Wildman–Crippen MR) is 116 cm³/mol. The molecule has 150 valence electrons. The molecule has 0 radical (unpaired) electrons. The molecule has 2 aromatic carbocycles. The van der Waals surface area contributed by atoms with Crippen LogP contribution in [0, 0.1) is 13.8 Å². The van der Waals surface area contributed by atoms with E-state index in [4.69, 9.17) is 9.47 Å². The minimum atomic E-state index is -0.147. The van der Waals surface area contributed by atoms with Crippen LogP contribution in [0.3, 0.4) is 0 Å². The molecule has 1 N–H and O–H groups in total. The fourth-order valence-corrected chi connectivity index (χ4v) is 3.38. The molecule has 6 nitrogen and oxygen atoms in total. The molecule has 0 aliphatic rings. The first-order chi connectivity index (χ1) is 14.0. The predicted octanol–water partition coefficient (Wildman–Crippen LogP) is 4.51. The molecular weight excluding hydrogens is 386 g/mol. The summed E-state index contributed by atoms with van der Waals surface area (Å²) in [6, 6.07) is 15.3. The highest BCUT2D eigenvalue weighted by Gasteiger charge is 2.09. The van der Waals surface area contributed by atoms with E-state index in [9.17, 15) is 4.79 Å². The molecule has 29 heavy (non-hydrogen) atoms. The van der Waals surface area contributed by atoms with E-state index in [1.54, 1.807) is 32.4 Å². The van der Waals surface area contributed by atoms with Crippen LogP contribution in [0.4, 0.5) is 5.69 Å². The van der Waals surface area contributed by atoms with E-state index >= 15 is 0 Å². The number of hydrogen-bond acceptors (Lipinski definition) is 6. The Morgan fingerprint density at radius 1 is 0.966 bits per heavy atom. The van der Waals surface area contributed by atoms with Crippen LogP contribution in [0.1, 0.15) is 11.1 Å². The van der Waals surface area contributed by atoms with Gasteiger partial charge in [-0.05, 0) is 37.6 Å². The number of anilines is 1. The van der Waals surface area contributed by atoms with E-state index in [1.807, 2.05) is 12.1 Å². The summed E-state index contributed by atoms with van der Waals surface area (Å²) in [5.74, 6) is 1.29. The van der Waals surface area contributed by atoms with Gasteiger partial charge in [0.2, 0.25) is 5.91 Å². The van der Waals surface area contributed by atoms with Gasteiger partial charge < -0.3 is 14.8 Å². The first-order valence-corrected chi connectivity index (χ1v) is 10.0. The summed E-state index contributed by atoms with van der Waals surface area (Å²) in [7, 11) is 3.13. The summed E-state index contributed by atoms with van der Waals surface area (Å²) in [5, 5.41) is 12.1. The second-order valence-corrected chi connectivity index (χ2v) is 7.51. The maximum Gasteiger partial charge on any atom is 0.234 e. The van der Waals surface area contributed by atoms with Gasteiger partial charge in [0.15, 0.2) is 0 Å². The van der Waals surface area contributed by atoms with E-state index in [-0.39, 0.29) is 11.7 Å². The summed E-state index contributed by atoms with van der Waals surface area (Å²) in [6.07, 6.45) is 0. The zero-order chi connectivity index (χ0) is 20.8. The highest BCUT2D eigenvalue weighted by atomic mass is 32.2. The molecule has 1 heterocycles. The van der Waals surface area contributed by atoms with Crippen LogP contribution in [-0.2, 0) is 4.79 Å². The number of carbonyl (C=O) groups excluding carboxylic acids is 1. The minimum Gasteiger partial charge on any atom is -0.497 e. The average Bonchev–Trinajstić information content (AvgIpc) is 2.74. The number of aryl methyl sites for hydroxylation is 2. The Morgan fingerprint density at radius 3 is 2.31 bits per heavy atom. The van der Waals surface area contributed by atoms with Gasteiger partial charge in [0.05, 0.1) is 25.7 Å². The fourth-order valence-electron chi connectivity index (χ4n) is 2.77. The van der Waals surface area contributed by atoms with E-state index in [0.29, 0.717) is 22.2 Å². The van der Waals surface area contributed by atoms with Crippen molar-refractivity contribution in [2.24, 2.45) is 0 Å². The lowest BCUT2D eigenvalue weighted by Gasteiger charge is -2.10. The quantitative estimate of drug-likeness (QED) is 0.579. The van der Waals surface area contributed by atoms with Gasteiger partial charge in [0.25, 0.3) is 0 Å². The van der Waals surface area contributed by atoms with E-state index in [1.165, 1.54) is 17.3 Å². The monoisotopic (exact) mass is 409 g/mol. The number of ether oxygens (including phenoxy) is 2. The summed E-state index contributed by atoms with van der Waals surface area (Å²) in [5.41, 5.74) is 4.83. The summed E-state index contributed by atoms with van der Waals surface area (Å²) in [6.45, 7) is 4.11. The van der Waals surface area contributed by atoms with Gasteiger partial charge in [-0.25, -0.2) is 0 Å². The molecule has 0 aliphatic heterocycles. The summed E-state index contributed by atoms with van der Waals surface area (Å²) >= 11 is 1.33. The molecule has 0 fully saturated rings. The highest BCUT2D eigenvalue weighted by Crippen LogP contribution is 2.27. The molecule has 0 aliphatic carbocycles. The van der Waals surface area contributed by atoms with E-state index in [0.717, 1.165) is 16.8 Å². The smallest absolute Gasteiger partial charge is 0.234 e. The van der Waals surface area contributed by atoms with Crippen molar-refractivity contribution in [2.75, 3.05) is 25.3 Å². The second kappa shape index (κ2) is 9.43. The molecule has 3 rings (SSSR count). The van der Waals surface area contributed by atoms with Crippen molar-refractivity contribution < 1.29 is 14.3 Å². The van der Waals surface area contributed by atoms with Crippen molar-refractivity contribution in [3.63, 3.8) is 0 Å². The number of rotatable bonds is 7. The Labute approximate surface area is 174 Å². The molecule has 3 aromatic rings. The topological polar surface area (TPSA) is 73.3 Å². The van der Waals surface area contributed by atoms with Crippen molar-refractivity contribution in [3.8, 4) is 22.8 Å². The maximum absolute atomic E-state index is 12.3. The Bertz CT molecular complexity index is 984. The SMILES string of the molecule is COc1cc(NC(=O)CSc2ccc(-c3cc(C)ccc3C)nn2)cc(OC)c1. The Kier molecular flexibility index (Phi) is 6.72. The average molecular weight is 410 g/mol. The van der Waals surface area contributed by atoms with E-state index in [2.05, 4.69) is 47.6 Å². The third-order valence-electron chi connectivity index (χ3n) is 4.30. The highest BCUT2D eigenvalue weighted by molar-refractivity contribution is 7.99. The normalized spacial score (nSPS) is 10.5. The first-order valence-electron chi connectivity index (χ1n) is 9.05. The number of methoxy groups -OCH3 is 2. The van der Waals surface area contributed by atoms with Crippen LogP contribution < -0.4 is 14.8 Å². The number of hydrogen-bond donors (Lipinski definition) is 1. The van der Waals surface area contributed by atoms with Gasteiger partial charge in [-0.1, -0.05) is 29.5 Å². The Hall–Kier alpha value is -3.06. The number of thioether (sulfide) groups is 1. The van der Waals surface area contributed by atoms with Crippen molar-refractivity contribution in [1.29, 1.82) is 0 Å². The molecule has 0 bridgehead atoms. The van der Waals surface area contributed by atoms with Gasteiger partial charge in [-0.2, -0.15) is 0 Å². The third kappa shape index (κ3) is 5.48. The number of nitrogens with one attached hydrogen (secondary N) is 1. The number of aromatic nitrogens is 2. The Morgan fingerprint density at radius 2 is 1.69 bits per heavy atom. The van der Waals surface area contributed by atoms with Crippen LogP contribution in [-0.4, -0.2) is 36.1 Å². The van der Waals surface area contributed by atoms with Gasteiger partial charge in [-0.15, -0.1) is 10.2 Å². The molecular formula is C22H23N3O3S. The lowest BCUT2D eigenvalue weighted by atomic mass is 10.0. The van der Waals surface area contributed by atoms with Gasteiger partial charge in [0.1, 0.15) is 16.5 Å². The fraction of sp³-hybridized carbons (Fsp3) is 0.227. The van der Waals surface area contributed by atoms with Crippen molar-refractivity contribution in [3.05, 3.63) is 59.7 Å². The first kappa shape index (κ1) is 20.7. The molecule has 1 aromatic heterocycles. The zero-order valence-electron chi connectivity index (χ0n) is 16.9.